The lowest BCUT2D eigenvalue weighted by Gasteiger charge is -2.28. The van der Waals surface area contributed by atoms with E-state index in [-0.39, 0.29) is 0 Å². The van der Waals surface area contributed by atoms with Gasteiger partial charge in [-0.1, -0.05) is 0 Å². The van der Waals surface area contributed by atoms with Crippen LogP contribution < -0.4 is 5.32 Å². The number of aryl methyl sites for hydroxylation is 1. The lowest BCUT2D eigenvalue weighted by atomic mass is 9.92. The fourth-order valence-electron chi connectivity index (χ4n) is 1.67. The van der Waals surface area contributed by atoms with Crippen molar-refractivity contribution in [3.63, 3.8) is 0 Å². The van der Waals surface area contributed by atoms with Crippen molar-refractivity contribution in [2.75, 3.05) is 5.32 Å². The van der Waals surface area contributed by atoms with E-state index in [4.69, 9.17) is 5.26 Å². The Morgan fingerprint density at radius 3 is 2.71 bits per heavy atom. The maximum Gasteiger partial charge on any atom is 0.0991 e. The van der Waals surface area contributed by atoms with Crippen LogP contribution in [0.2, 0.25) is 0 Å². The first kappa shape index (κ1) is 9.08. The van der Waals surface area contributed by atoms with Gasteiger partial charge in [-0.3, -0.25) is 0 Å². The summed E-state index contributed by atoms with van der Waals surface area (Å²) in [6, 6.07) is 8.61. The number of nitriles is 1. The molecular formula is C12H14N2. The number of hydrogen-bond acceptors (Lipinski definition) is 2. The maximum atomic E-state index is 8.72. The Balaban J connectivity index is 2.14. The molecule has 1 aliphatic rings. The third-order valence-corrected chi connectivity index (χ3v) is 2.82. The van der Waals surface area contributed by atoms with Crippen molar-refractivity contribution in [1.29, 1.82) is 5.26 Å². The Hall–Kier alpha value is -1.49. The second-order valence-corrected chi connectivity index (χ2v) is 3.91. The van der Waals surface area contributed by atoms with Gasteiger partial charge in [-0.15, -0.1) is 0 Å². The number of nitrogens with one attached hydrogen (secondary N) is 1. The first-order valence-electron chi connectivity index (χ1n) is 5.07. The average molecular weight is 186 g/mol. The van der Waals surface area contributed by atoms with Gasteiger partial charge in [-0.2, -0.15) is 5.26 Å². The van der Waals surface area contributed by atoms with Gasteiger partial charge in [0.1, 0.15) is 0 Å². The molecule has 0 unspecified atom stereocenters. The summed E-state index contributed by atoms with van der Waals surface area (Å²) in [6.45, 7) is 2.04. The molecule has 0 bridgehead atoms. The van der Waals surface area contributed by atoms with Crippen LogP contribution in [0.25, 0.3) is 0 Å². The summed E-state index contributed by atoms with van der Waals surface area (Å²) in [7, 11) is 0. The van der Waals surface area contributed by atoms with Gasteiger partial charge >= 0.3 is 0 Å². The minimum absolute atomic E-state index is 0.654. The SMILES string of the molecule is Cc1cc(C#N)ccc1NC1CCC1. The topological polar surface area (TPSA) is 35.8 Å². The van der Waals surface area contributed by atoms with E-state index in [1.54, 1.807) is 0 Å². The molecule has 1 aliphatic carbocycles. The minimum Gasteiger partial charge on any atom is -0.382 e. The highest BCUT2D eigenvalue weighted by Crippen LogP contribution is 2.25. The van der Waals surface area contributed by atoms with E-state index in [9.17, 15) is 0 Å². The minimum atomic E-state index is 0.654. The van der Waals surface area contributed by atoms with E-state index in [1.807, 2.05) is 25.1 Å². The summed E-state index contributed by atoms with van der Waals surface area (Å²) < 4.78 is 0. The molecule has 1 aromatic carbocycles. The maximum absolute atomic E-state index is 8.72. The molecule has 0 spiro atoms. The summed E-state index contributed by atoms with van der Waals surface area (Å²) in [4.78, 5) is 0. The van der Waals surface area contributed by atoms with Crippen molar-refractivity contribution in [1.82, 2.24) is 0 Å². The van der Waals surface area contributed by atoms with Gasteiger partial charge in [0.05, 0.1) is 11.6 Å². The molecule has 0 radical (unpaired) electrons. The van der Waals surface area contributed by atoms with E-state index in [0.29, 0.717) is 6.04 Å². The molecule has 0 amide bonds. The smallest absolute Gasteiger partial charge is 0.0991 e. The van der Waals surface area contributed by atoms with Crippen molar-refractivity contribution in [2.24, 2.45) is 0 Å². The van der Waals surface area contributed by atoms with E-state index in [2.05, 4.69) is 11.4 Å². The lowest BCUT2D eigenvalue weighted by Crippen LogP contribution is -2.27. The predicted octanol–water partition coefficient (Wildman–Crippen LogP) is 2.83. The number of benzene rings is 1. The summed E-state index contributed by atoms with van der Waals surface area (Å²) in [6.07, 6.45) is 3.89. The number of rotatable bonds is 2. The zero-order chi connectivity index (χ0) is 9.97. The standard InChI is InChI=1S/C12H14N2/c1-9-7-10(8-13)5-6-12(9)14-11-3-2-4-11/h5-7,11,14H,2-4H2,1H3. The molecule has 0 aromatic heterocycles. The second kappa shape index (κ2) is 3.71. The summed E-state index contributed by atoms with van der Waals surface area (Å²) >= 11 is 0. The van der Waals surface area contributed by atoms with Crippen molar-refractivity contribution >= 4 is 5.69 Å². The molecular weight excluding hydrogens is 172 g/mol. The fraction of sp³-hybridized carbons (Fsp3) is 0.417. The highest BCUT2D eigenvalue weighted by atomic mass is 14.9. The molecule has 14 heavy (non-hydrogen) atoms. The third kappa shape index (κ3) is 1.72. The van der Waals surface area contributed by atoms with Gasteiger partial charge in [-0.25, -0.2) is 0 Å². The van der Waals surface area contributed by atoms with Crippen LogP contribution in [0.4, 0.5) is 5.69 Å². The first-order valence-corrected chi connectivity index (χ1v) is 5.07. The summed E-state index contributed by atoms with van der Waals surface area (Å²) in [5, 5.41) is 12.2. The molecule has 0 saturated heterocycles. The van der Waals surface area contributed by atoms with Gasteiger partial charge in [0.15, 0.2) is 0 Å². The van der Waals surface area contributed by atoms with E-state index in [0.717, 1.165) is 11.1 Å². The molecule has 2 heteroatoms. The molecule has 1 N–H and O–H groups in total. The van der Waals surface area contributed by atoms with Crippen molar-refractivity contribution in [3.05, 3.63) is 29.3 Å². The highest BCUT2D eigenvalue weighted by molar-refractivity contribution is 5.54. The van der Waals surface area contributed by atoms with Crippen LogP contribution in [-0.4, -0.2) is 6.04 Å². The number of anilines is 1. The Morgan fingerprint density at radius 2 is 2.21 bits per heavy atom. The van der Waals surface area contributed by atoms with Gasteiger partial charge in [0.2, 0.25) is 0 Å². The van der Waals surface area contributed by atoms with Gasteiger partial charge in [0, 0.05) is 11.7 Å². The van der Waals surface area contributed by atoms with Crippen LogP contribution in [0, 0.1) is 18.3 Å². The van der Waals surface area contributed by atoms with Gasteiger partial charge in [0.25, 0.3) is 0 Å². The van der Waals surface area contributed by atoms with Crippen LogP contribution in [-0.2, 0) is 0 Å². The Morgan fingerprint density at radius 1 is 1.43 bits per heavy atom. The van der Waals surface area contributed by atoms with Gasteiger partial charge in [-0.05, 0) is 49.9 Å². The van der Waals surface area contributed by atoms with Crippen LogP contribution in [0.3, 0.4) is 0 Å². The molecule has 0 heterocycles. The molecule has 72 valence electrons. The van der Waals surface area contributed by atoms with Crippen molar-refractivity contribution in [2.45, 2.75) is 32.2 Å². The molecule has 0 atom stereocenters. The molecule has 2 nitrogen and oxygen atoms in total. The van der Waals surface area contributed by atoms with E-state index >= 15 is 0 Å². The van der Waals surface area contributed by atoms with E-state index in [1.165, 1.54) is 24.9 Å². The molecule has 0 aliphatic heterocycles. The monoisotopic (exact) mass is 186 g/mol. The van der Waals surface area contributed by atoms with Crippen LogP contribution in [0.1, 0.15) is 30.4 Å². The zero-order valence-electron chi connectivity index (χ0n) is 8.38. The Bertz CT molecular complexity index is 372. The lowest BCUT2D eigenvalue weighted by molar-refractivity contribution is 0.445. The summed E-state index contributed by atoms with van der Waals surface area (Å²) in [5.74, 6) is 0. The normalized spacial score (nSPS) is 15.7. The largest absolute Gasteiger partial charge is 0.382 e. The van der Waals surface area contributed by atoms with E-state index < -0.39 is 0 Å². The number of nitrogens with zero attached hydrogens (tertiary/aromatic N) is 1. The molecule has 1 fully saturated rings. The Kier molecular flexibility index (Phi) is 2.41. The van der Waals surface area contributed by atoms with Crippen LogP contribution >= 0.6 is 0 Å². The predicted molar refractivity (Wildman–Crippen MR) is 57.2 cm³/mol. The molecule has 1 aromatic rings. The Labute approximate surface area is 84.6 Å². The molecule has 2 rings (SSSR count). The fourth-order valence-corrected chi connectivity index (χ4v) is 1.67. The third-order valence-electron chi connectivity index (χ3n) is 2.82. The van der Waals surface area contributed by atoms with Crippen molar-refractivity contribution < 1.29 is 0 Å². The number of hydrogen-bond donors (Lipinski definition) is 1. The second-order valence-electron chi connectivity index (χ2n) is 3.91. The van der Waals surface area contributed by atoms with Crippen LogP contribution in [0.15, 0.2) is 18.2 Å². The van der Waals surface area contributed by atoms with Gasteiger partial charge < -0.3 is 5.32 Å². The zero-order valence-corrected chi connectivity index (χ0v) is 8.38. The average Bonchev–Trinajstić information content (AvgIpc) is 2.13. The molecule has 1 saturated carbocycles. The van der Waals surface area contributed by atoms with Crippen LogP contribution in [0.5, 0.6) is 0 Å². The quantitative estimate of drug-likeness (QED) is 0.770. The highest BCUT2D eigenvalue weighted by Gasteiger charge is 2.17. The first-order chi connectivity index (χ1) is 6.79. The summed E-state index contributed by atoms with van der Waals surface area (Å²) in [5.41, 5.74) is 3.08. The van der Waals surface area contributed by atoms with Crippen molar-refractivity contribution in [3.8, 4) is 6.07 Å².